The van der Waals surface area contributed by atoms with Crippen LogP contribution in [0.5, 0.6) is 23.0 Å². The monoisotopic (exact) mass is 461 g/mol. The van der Waals surface area contributed by atoms with E-state index in [9.17, 15) is 4.79 Å². The highest BCUT2D eigenvalue weighted by Crippen LogP contribution is 2.37. The third-order valence-electron chi connectivity index (χ3n) is 5.21. The van der Waals surface area contributed by atoms with Gasteiger partial charge in [0, 0.05) is 18.2 Å². The molecule has 2 aromatic carbocycles. The van der Waals surface area contributed by atoms with Crippen molar-refractivity contribution in [3.05, 3.63) is 47.0 Å². The summed E-state index contributed by atoms with van der Waals surface area (Å²) in [5, 5.41) is 0.570. The number of carbonyl (C=O) groups is 1. The van der Waals surface area contributed by atoms with E-state index in [-0.39, 0.29) is 18.9 Å². The number of ether oxygens (including phenoxy) is 5. The van der Waals surface area contributed by atoms with Gasteiger partial charge in [0.2, 0.25) is 6.79 Å². The maximum absolute atomic E-state index is 12.4. The second kappa shape index (κ2) is 9.36. The zero-order valence-corrected chi connectivity index (χ0v) is 19.3. The first-order valence-electron chi connectivity index (χ1n) is 10.7. The van der Waals surface area contributed by atoms with Crippen molar-refractivity contribution in [1.82, 2.24) is 4.90 Å². The summed E-state index contributed by atoms with van der Waals surface area (Å²) >= 11 is 6.30. The van der Waals surface area contributed by atoms with Crippen LogP contribution in [0.3, 0.4) is 0 Å². The zero-order valence-electron chi connectivity index (χ0n) is 18.6. The molecule has 0 bridgehead atoms. The SMILES string of the molecule is CC(C)(C)OC(=O)N1CCC[C@@H]1COc1ccc(OCc2cc3c(cc2Cl)OCO3)cc1. The van der Waals surface area contributed by atoms with E-state index in [0.29, 0.717) is 42.0 Å². The molecule has 0 aliphatic carbocycles. The Balaban J connectivity index is 1.28. The number of nitrogens with zero attached hydrogens (tertiary/aromatic N) is 1. The molecule has 0 spiro atoms. The smallest absolute Gasteiger partial charge is 0.410 e. The first kappa shape index (κ1) is 22.4. The van der Waals surface area contributed by atoms with Crippen LogP contribution >= 0.6 is 11.6 Å². The fourth-order valence-corrected chi connectivity index (χ4v) is 3.83. The molecule has 1 amide bonds. The molecule has 4 rings (SSSR count). The molecule has 8 heteroatoms. The van der Waals surface area contributed by atoms with Gasteiger partial charge in [0.1, 0.15) is 30.3 Å². The van der Waals surface area contributed by atoms with Crippen LogP contribution in [0.25, 0.3) is 0 Å². The van der Waals surface area contributed by atoms with Crippen LogP contribution in [-0.2, 0) is 11.3 Å². The predicted molar refractivity (Wildman–Crippen MR) is 120 cm³/mol. The number of amides is 1. The predicted octanol–water partition coefficient (Wildman–Crippen LogP) is 5.43. The maximum Gasteiger partial charge on any atom is 0.410 e. The van der Waals surface area contributed by atoms with E-state index in [1.165, 1.54) is 0 Å². The van der Waals surface area contributed by atoms with Crippen molar-refractivity contribution in [1.29, 1.82) is 0 Å². The van der Waals surface area contributed by atoms with Crippen molar-refractivity contribution in [2.75, 3.05) is 19.9 Å². The van der Waals surface area contributed by atoms with E-state index in [2.05, 4.69) is 0 Å². The summed E-state index contributed by atoms with van der Waals surface area (Å²) in [7, 11) is 0. The lowest BCUT2D eigenvalue weighted by Gasteiger charge is -2.28. The van der Waals surface area contributed by atoms with Crippen LogP contribution in [0.1, 0.15) is 39.2 Å². The lowest BCUT2D eigenvalue weighted by molar-refractivity contribution is 0.0187. The van der Waals surface area contributed by atoms with E-state index in [1.807, 2.05) is 51.1 Å². The lowest BCUT2D eigenvalue weighted by atomic mass is 10.2. The maximum atomic E-state index is 12.4. The molecule has 32 heavy (non-hydrogen) atoms. The Morgan fingerprint density at radius 3 is 2.44 bits per heavy atom. The Labute approximate surface area is 193 Å². The van der Waals surface area contributed by atoms with Crippen LogP contribution in [0, 0.1) is 0 Å². The molecule has 2 aromatic rings. The minimum atomic E-state index is -0.508. The molecule has 0 unspecified atom stereocenters. The zero-order chi connectivity index (χ0) is 22.7. The molecule has 0 aromatic heterocycles. The normalized spacial score (nSPS) is 17.4. The summed E-state index contributed by atoms with van der Waals surface area (Å²) in [6.07, 6.45) is 1.56. The van der Waals surface area contributed by atoms with Crippen LogP contribution in [-0.4, -0.2) is 42.6 Å². The van der Waals surface area contributed by atoms with Gasteiger partial charge >= 0.3 is 6.09 Å². The highest BCUT2D eigenvalue weighted by Gasteiger charge is 2.32. The summed E-state index contributed by atoms with van der Waals surface area (Å²) in [5.74, 6) is 2.73. The number of carbonyl (C=O) groups excluding carboxylic acids is 1. The number of benzene rings is 2. The summed E-state index contributed by atoms with van der Waals surface area (Å²) in [4.78, 5) is 14.2. The highest BCUT2D eigenvalue weighted by atomic mass is 35.5. The van der Waals surface area contributed by atoms with Crippen molar-refractivity contribution in [3.8, 4) is 23.0 Å². The number of fused-ring (bicyclic) bond motifs is 1. The topological polar surface area (TPSA) is 66.5 Å². The van der Waals surface area contributed by atoms with Crippen molar-refractivity contribution < 1.29 is 28.5 Å². The summed E-state index contributed by atoms with van der Waals surface area (Å²) < 4.78 is 28.0. The standard InChI is InChI=1S/C24H28ClNO6/c1-24(2,3)32-23(27)26-10-4-5-17(26)14-29-19-8-6-18(7-9-19)28-13-16-11-21-22(12-20(16)25)31-15-30-21/h6-9,11-12,17H,4-5,10,13-15H2,1-3H3/t17-/m1/s1. The summed E-state index contributed by atoms with van der Waals surface area (Å²) in [5.41, 5.74) is 0.311. The van der Waals surface area contributed by atoms with Crippen molar-refractivity contribution >= 4 is 17.7 Å². The number of hydrogen-bond acceptors (Lipinski definition) is 6. The molecular weight excluding hydrogens is 434 g/mol. The third kappa shape index (κ3) is 5.51. The molecular formula is C24H28ClNO6. The summed E-state index contributed by atoms with van der Waals surface area (Å²) in [6, 6.07) is 11.0. The van der Waals surface area contributed by atoms with Crippen molar-refractivity contribution in [2.45, 2.75) is 51.9 Å². The average Bonchev–Trinajstić information content (AvgIpc) is 3.39. The molecule has 1 fully saturated rings. The number of halogens is 1. The Morgan fingerprint density at radius 1 is 1.09 bits per heavy atom. The Kier molecular flexibility index (Phi) is 6.55. The van der Waals surface area contributed by atoms with Crippen LogP contribution in [0.15, 0.2) is 36.4 Å². The molecule has 7 nitrogen and oxygen atoms in total. The third-order valence-corrected chi connectivity index (χ3v) is 5.56. The fourth-order valence-electron chi connectivity index (χ4n) is 3.63. The Bertz CT molecular complexity index is 956. The number of hydrogen-bond donors (Lipinski definition) is 0. The Hall–Kier alpha value is -2.80. The van der Waals surface area contributed by atoms with Gasteiger partial charge in [-0.15, -0.1) is 0 Å². The van der Waals surface area contributed by atoms with E-state index >= 15 is 0 Å². The molecule has 172 valence electrons. The molecule has 0 saturated carbocycles. The molecule has 1 saturated heterocycles. The van der Waals surface area contributed by atoms with Crippen LogP contribution in [0.4, 0.5) is 4.79 Å². The van der Waals surface area contributed by atoms with Gasteiger partial charge in [-0.3, -0.25) is 0 Å². The van der Waals surface area contributed by atoms with Crippen LogP contribution in [0.2, 0.25) is 5.02 Å². The molecule has 1 atom stereocenters. The minimum absolute atomic E-state index is 0.00826. The largest absolute Gasteiger partial charge is 0.491 e. The number of rotatable bonds is 6. The Morgan fingerprint density at radius 2 is 1.75 bits per heavy atom. The molecule has 2 aliphatic heterocycles. The lowest BCUT2D eigenvalue weighted by Crippen LogP contribution is -2.42. The van der Waals surface area contributed by atoms with Gasteiger partial charge in [-0.25, -0.2) is 4.79 Å². The van der Waals surface area contributed by atoms with Gasteiger partial charge in [0.05, 0.1) is 11.1 Å². The second-order valence-corrected chi connectivity index (χ2v) is 9.24. The molecule has 0 radical (unpaired) electrons. The van der Waals surface area contributed by atoms with E-state index in [0.717, 1.165) is 24.2 Å². The first-order chi connectivity index (χ1) is 15.3. The quantitative estimate of drug-likeness (QED) is 0.571. The van der Waals surface area contributed by atoms with Gasteiger partial charge in [-0.1, -0.05) is 11.6 Å². The summed E-state index contributed by atoms with van der Waals surface area (Å²) in [6.45, 7) is 7.24. The van der Waals surface area contributed by atoms with E-state index < -0.39 is 5.60 Å². The van der Waals surface area contributed by atoms with E-state index in [1.54, 1.807) is 11.0 Å². The first-order valence-corrected chi connectivity index (χ1v) is 11.1. The van der Waals surface area contributed by atoms with Crippen LogP contribution < -0.4 is 18.9 Å². The van der Waals surface area contributed by atoms with Crippen molar-refractivity contribution in [2.24, 2.45) is 0 Å². The molecule has 2 aliphatic rings. The second-order valence-electron chi connectivity index (χ2n) is 8.84. The van der Waals surface area contributed by atoms with Gasteiger partial charge in [0.15, 0.2) is 11.5 Å². The minimum Gasteiger partial charge on any atom is -0.491 e. The number of likely N-dealkylation sites (tertiary alicyclic amines) is 1. The average molecular weight is 462 g/mol. The van der Waals surface area contributed by atoms with Gasteiger partial charge in [-0.2, -0.15) is 0 Å². The van der Waals surface area contributed by atoms with Gasteiger partial charge < -0.3 is 28.6 Å². The fraction of sp³-hybridized carbons (Fsp3) is 0.458. The highest BCUT2D eigenvalue weighted by molar-refractivity contribution is 6.31. The van der Waals surface area contributed by atoms with Crippen molar-refractivity contribution in [3.63, 3.8) is 0 Å². The van der Waals surface area contributed by atoms with Gasteiger partial charge in [0.25, 0.3) is 0 Å². The molecule has 2 heterocycles. The van der Waals surface area contributed by atoms with E-state index in [4.69, 9.17) is 35.3 Å². The molecule has 0 N–H and O–H groups in total. The van der Waals surface area contributed by atoms with Gasteiger partial charge in [-0.05, 0) is 63.9 Å².